The molecule has 0 aliphatic carbocycles. The number of rotatable bonds is 6. The second kappa shape index (κ2) is 6.97. The van der Waals surface area contributed by atoms with Gasteiger partial charge in [-0.15, -0.1) is 21.5 Å². The monoisotopic (exact) mass is 349 g/mol. The van der Waals surface area contributed by atoms with Crippen molar-refractivity contribution >= 4 is 38.7 Å². The number of fused-ring (bicyclic) bond motifs is 1. The Morgan fingerprint density at radius 1 is 1.35 bits per heavy atom. The number of hydrogen-bond acceptors (Lipinski definition) is 7. The number of nitrogens with one attached hydrogen (secondary N) is 1. The average molecular weight is 349 g/mol. The molecule has 3 aromatic heterocycles. The Morgan fingerprint density at radius 2 is 2.22 bits per heavy atom. The van der Waals surface area contributed by atoms with Gasteiger partial charge in [0.2, 0.25) is 5.13 Å². The molecule has 0 saturated carbocycles. The third-order valence-electron chi connectivity index (χ3n) is 3.27. The number of unbranched alkanes of at least 4 members (excludes halogenated alkanes) is 2. The van der Waals surface area contributed by atoms with Crippen LogP contribution in [-0.2, 0) is 6.42 Å². The lowest BCUT2D eigenvalue weighted by molar-refractivity contribution is 0.102. The van der Waals surface area contributed by atoms with Crippen LogP contribution in [0.25, 0.3) is 4.96 Å². The predicted octanol–water partition coefficient (Wildman–Crippen LogP) is 2.59. The van der Waals surface area contributed by atoms with Crippen molar-refractivity contribution in [2.45, 2.75) is 32.6 Å². The van der Waals surface area contributed by atoms with Gasteiger partial charge in [0.05, 0.1) is 0 Å². The summed E-state index contributed by atoms with van der Waals surface area (Å²) in [5.41, 5.74) is -0.398. The summed E-state index contributed by atoms with van der Waals surface area (Å²) < 4.78 is 1.36. The number of thiazole rings is 1. The molecule has 0 aromatic carbocycles. The van der Waals surface area contributed by atoms with E-state index in [0.29, 0.717) is 10.1 Å². The topological polar surface area (TPSA) is 89.2 Å². The fourth-order valence-corrected chi connectivity index (χ4v) is 3.53. The molecule has 120 valence electrons. The Bertz CT molecular complexity index is 883. The van der Waals surface area contributed by atoms with Crippen LogP contribution >= 0.6 is 22.7 Å². The minimum Gasteiger partial charge on any atom is -0.296 e. The highest BCUT2D eigenvalue weighted by Gasteiger charge is 2.16. The predicted molar refractivity (Wildman–Crippen MR) is 90.4 cm³/mol. The molecular formula is C14H15N5O2S2. The minimum atomic E-state index is -0.514. The first kappa shape index (κ1) is 15.8. The summed E-state index contributed by atoms with van der Waals surface area (Å²) in [5.74, 6) is -0.514. The molecule has 0 saturated heterocycles. The maximum Gasteiger partial charge on any atom is 0.271 e. The first-order valence-corrected chi connectivity index (χ1v) is 8.97. The van der Waals surface area contributed by atoms with Crippen LogP contribution in [0.5, 0.6) is 0 Å². The Hall–Kier alpha value is -2.13. The second-order valence-corrected chi connectivity index (χ2v) is 6.88. The van der Waals surface area contributed by atoms with E-state index in [9.17, 15) is 9.59 Å². The maximum absolute atomic E-state index is 12.2. The average Bonchev–Trinajstić information content (AvgIpc) is 3.17. The molecule has 7 nitrogen and oxygen atoms in total. The van der Waals surface area contributed by atoms with Gasteiger partial charge in [-0.3, -0.25) is 19.3 Å². The highest BCUT2D eigenvalue weighted by molar-refractivity contribution is 7.15. The van der Waals surface area contributed by atoms with Crippen LogP contribution in [-0.4, -0.2) is 25.5 Å². The van der Waals surface area contributed by atoms with Crippen molar-refractivity contribution < 1.29 is 4.79 Å². The van der Waals surface area contributed by atoms with Crippen LogP contribution in [0.15, 0.2) is 22.6 Å². The lowest BCUT2D eigenvalue weighted by Gasteiger charge is -2.00. The summed E-state index contributed by atoms with van der Waals surface area (Å²) >= 11 is 2.67. The van der Waals surface area contributed by atoms with Crippen molar-refractivity contribution in [2.24, 2.45) is 0 Å². The molecule has 0 spiro atoms. The molecular weight excluding hydrogens is 334 g/mol. The quantitative estimate of drug-likeness (QED) is 0.691. The van der Waals surface area contributed by atoms with E-state index >= 15 is 0 Å². The maximum atomic E-state index is 12.2. The fourth-order valence-electron chi connectivity index (χ4n) is 2.08. The van der Waals surface area contributed by atoms with E-state index in [-0.39, 0.29) is 11.1 Å². The highest BCUT2D eigenvalue weighted by Crippen LogP contribution is 2.18. The molecule has 0 aliphatic rings. The van der Waals surface area contributed by atoms with E-state index < -0.39 is 5.91 Å². The molecule has 3 aromatic rings. The smallest absolute Gasteiger partial charge is 0.271 e. The van der Waals surface area contributed by atoms with Crippen molar-refractivity contribution in [3.63, 3.8) is 0 Å². The van der Waals surface area contributed by atoms with Gasteiger partial charge < -0.3 is 0 Å². The van der Waals surface area contributed by atoms with Crippen LogP contribution in [0.1, 0.15) is 41.6 Å². The number of hydrogen-bond donors (Lipinski definition) is 1. The molecule has 0 aliphatic heterocycles. The van der Waals surface area contributed by atoms with E-state index in [1.807, 2.05) is 0 Å². The number of amides is 1. The number of aromatic nitrogens is 4. The summed E-state index contributed by atoms with van der Waals surface area (Å²) in [6.07, 6.45) is 7.09. The minimum absolute atomic E-state index is 0.0105. The van der Waals surface area contributed by atoms with Gasteiger partial charge in [-0.2, -0.15) is 0 Å². The van der Waals surface area contributed by atoms with Crippen molar-refractivity contribution in [2.75, 3.05) is 5.32 Å². The van der Waals surface area contributed by atoms with Gasteiger partial charge in [0, 0.05) is 24.2 Å². The van der Waals surface area contributed by atoms with E-state index in [4.69, 9.17) is 0 Å². The lowest BCUT2D eigenvalue weighted by atomic mass is 10.2. The molecule has 1 N–H and O–H groups in total. The third kappa shape index (κ3) is 3.45. The standard InChI is InChI=1S/C14H15N5O2S2/c1-2-3-4-5-10-17-18-13(23-10)16-11(20)9-8-15-14-19(12(9)21)6-7-22-14/h6-8H,2-5H2,1H3,(H,16,18,20). The van der Waals surface area contributed by atoms with E-state index in [1.54, 1.807) is 11.6 Å². The number of aryl methyl sites for hydroxylation is 1. The lowest BCUT2D eigenvalue weighted by Crippen LogP contribution is -2.25. The van der Waals surface area contributed by atoms with Gasteiger partial charge >= 0.3 is 0 Å². The summed E-state index contributed by atoms with van der Waals surface area (Å²) in [4.78, 5) is 29.1. The van der Waals surface area contributed by atoms with E-state index in [1.165, 1.54) is 33.3 Å². The summed E-state index contributed by atoms with van der Waals surface area (Å²) in [5, 5.41) is 13.7. The zero-order valence-electron chi connectivity index (χ0n) is 12.5. The summed E-state index contributed by atoms with van der Waals surface area (Å²) in [6.45, 7) is 2.14. The zero-order valence-corrected chi connectivity index (χ0v) is 14.1. The van der Waals surface area contributed by atoms with Crippen molar-refractivity contribution in [1.29, 1.82) is 0 Å². The molecule has 0 fully saturated rings. The van der Waals surface area contributed by atoms with Crippen LogP contribution in [0.4, 0.5) is 5.13 Å². The van der Waals surface area contributed by atoms with Gasteiger partial charge in [-0.05, 0) is 6.42 Å². The highest BCUT2D eigenvalue weighted by atomic mass is 32.1. The second-order valence-electron chi connectivity index (χ2n) is 4.94. The third-order valence-corrected chi connectivity index (χ3v) is 4.94. The van der Waals surface area contributed by atoms with Crippen molar-refractivity contribution in [3.05, 3.63) is 38.7 Å². The van der Waals surface area contributed by atoms with Gasteiger partial charge in [0.15, 0.2) is 4.96 Å². The molecule has 3 heterocycles. The van der Waals surface area contributed by atoms with Crippen LogP contribution < -0.4 is 10.9 Å². The van der Waals surface area contributed by atoms with Crippen LogP contribution in [0.2, 0.25) is 0 Å². The molecule has 9 heteroatoms. The Kier molecular flexibility index (Phi) is 4.77. The number of carbonyl (C=O) groups excluding carboxylic acids is 1. The summed E-state index contributed by atoms with van der Waals surface area (Å²) in [6, 6.07) is 0. The van der Waals surface area contributed by atoms with Crippen molar-refractivity contribution in [3.8, 4) is 0 Å². The SMILES string of the molecule is CCCCCc1nnc(NC(=O)c2cnc3sccn3c2=O)s1. The Labute approximate surface area is 140 Å². The Balaban J connectivity index is 1.73. The number of anilines is 1. The van der Waals surface area contributed by atoms with E-state index in [0.717, 1.165) is 30.7 Å². The summed E-state index contributed by atoms with van der Waals surface area (Å²) in [7, 11) is 0. The molecule has 1 amide bonds. The van der Waals surface area contributed by atoms with Gasteiger partial charge in [-0.25, -0.2) is 4.98 Å². The van der Waals surface area contributed by atoms with Gasteiger partial charge in [0.1, 0.15) is 10.6 Å². The number of carbonyl (C=O) groups is 1. The van der Waals surface area contributed by atoms with E-state index in [2.05, 4.69) is 27.4 Å². The van der Waals surface area contributed by atoms with Gasteiger partial charge in [-0.1, -0.05) is 31.1 Å². The molecule has 23 heavy (non-hydrogen) atoms. The molecule has 0 atom stereocenters. The van der Waals surface area contributed by atoms with Crippen LogP contribution in [0, 0.1) is 0 Å². The zero-order chi connectivity index (χ0) is 16.2. The molecule has 0 unspecified atom stereocenters. The fraction of sp³-hybridized carbons (Fsp3) is 0.357. The van der Waals surface area contributed by atoms with Crippen LogP contribution in [0.3, 0.4) is 0 Å². The first-order chi connectivity index (χ1) is 11.2. The normalized spacial score (nSPS) is 11.0. The van der Waals surface area contributed by atoms with Gasteiger partial charge in [0.25, 0.3) is 11.5 Å². The molecule has 3 rings (SSSR count). The molecule has 0 bridgehead atoms. The number of nitrogens with zero attached hydrogens (tertiary/aromatic N) is 4. The van der Waals surface area contributed by atoms with Crippen molar-refractivity contribution in [1.82, 2.24) is 19.6 Å². The largest absolute Gasteiger partial charge is 0.296 e. The molecule has 0 radical (unpaired) electrons. The first-order valence-electron chi connectivity index (χ1n) is 7.27. The Morgan fingerprint density at radius 3 is 3.04 bits per heavy atom.